The fraction of sp³-hybridized carbons (Fsp3) is 0.154. The van der Waals surface area contributed by atoms with Gasteiger partial charge in [-0.2, -0.15) is 0 Å². The van der Waals surface area contributed by atoms with Crippen LogP contribution in [-0.2, 0) is 0 Å². The summed E-state index contributed by atoms with van der Waals surface area (Å²) in [4.78, 5) is 5.58. The van der Waals surface area contributed by atoms with Gasteiger partial charge in [0.1, 0.15) is 11.6 Å². The Morgan fingerprint density at radius 1 is 1.33 bits per heavy atom. The highest BCUT2D eigenvalue weighted by Crippen LogP contribution is 2.33. The van der Waals surface area contributed by atoms with Crippen molar-refractivity contribution >= 4 is 23.3 Å². The molecular formula is C13H13N3OS. The van der Waals surface area contributed by atoms with Crippen LogP contribution in [0.2, 0.25) is 0 Å². The highest BCUT2D eigenvalue weighted by molar-refractivity contribution is 7.98. The summed E-state index contributed by atoms with van der Waals surface area (Å²) in [7, 11) is 0. The Balaban J connectivity index is 2.05. The average molecular weight is 259 g/mol. The summed E-state index contributed by atoms with van der Waals surface area (Å²) in [5, 5.41) is 3.33. The Morgan fingerprint density at radius 2 is 2.22 bits per heavy atom. The summed E-state index contributed by atoms with van der Waals surface area (Å²) in [5.74, 6) is 1.31. The second-order valence-corrected chi connectivity index (χ2v) is 4.81. The Kier molecular flexibility index (Phi) is 2.76. The summed E-state index contributed by atoms with van der Waals surface area (Å²) in [6.45, 7) is 0. The van der Waals surface area contributed by atoms with Crippen LogP contribution in [0.25, 0.3) is 0 Å². The molecule has 18 heavy (non-hydrogen) atoms. The van der Waals surface area contributed by atoms with Crippen LogP contribution in [0.1, 0.15) is 17.5 Å². The molecule has 0 saturated carbocycles. The van der Waals surface area contributed by atoms with Crippen LogP contribution in [0.15, 0.2) is 50.9 Å². The van der Waals surface area contributed by atoms with E-state index in [1.807, 2.05) is 36.6 Å². The molecule has 0 bridgehead atoms. The zero-order valence-corrected chi connectivity index (χ0v) is 10.7. The van der Waals surface area contributed by atoms with E-state index >= 15 is 0 Å². The molecule has 0 saturated heterocycles. The Bertz CT molecular complexity index is 592. The minimum atomic E-state index is -0.246. The maximum atomic E-state index is 6.07. The molecule has 1 aliphatic heterocycles. The predicted molar refractivity (Wildman–Crippen MR) is 74.0 cm³/mol. The first kappa shape index (κ1) is 11.2. The van der Waals surface area contributed by atoms with Crippen molar-refractivity contribution in [2.75, 3.05) is 11.6 Å². The van der Waals surface area contributed by atoms with Crippen LogP contribution in [-0.4, -0.2) is 12.1 Å². The van der Waals surface area contributed by atoms with Gasteiger partial charge in [0.2, 0.25) is 0 Å². The minimum Gasteiger partial charge on any atom is -0.465 e. The van der Waals surface area contributed by atoms with Crippen LogP contribution >= 0.6 is 11.8 Å². The maximum Gasteiger partial charge on any atom is 0.179 e. The second kappa shape index (κ2) is 4.42. The number of rotatable bonds is 2. The van der Waals surface area contributed by atoms with E-state index in [0.29, 0.717) is 5.84 Å². The molecule has 0 radical (unpaired) electrons. The monoisotopic (exact) mass is 259 g/mol. The zero-order chi connectivity index (χ0) is 12.5. The minimum absolute atomic E-state index is 0.246. The standard InChI is InChI=1S/C13H13N3OS/c1-18-10-6-2-4-8-11(10)12(14)16-13(15-8)9-5-3-7-17-9/h2-7,13,15H,1H3,(H2,14,16). The van der Waals surface area contributed by atoms with Crippen molar-refractivity contribution in [1.29, 1.82) is 0 Å². The van der Waals surface area contributed by atoms with Crippen molar-refractivity contribution in [2.24, 2.45) is 10.7 Å². The fourth-order valence-corrected chi connectivity index (χ4v) is 2.68. The van der Waals surface area contributed by atoms with Crippen LogP contribution < -0.4 is 11.1 Å². The van der Waals surface area contributed by atoms with Gasteiger partial charge in [-0.25, -0.2) is 4.99 Å². The highest BCUT2D eigenvalue weighted by atomic mass is 32.2. The Hall–Kier alpha value is -1.88. The first-order chi connectivity index (χ1) is 8.79. The summed E-state index contributed by atoms with van der Waals surface area (Å²) >= 11 is 1.66. The van der Waals surface area contributed by atoms with Crippen LogP contribution in [0.5, 0.6) is 0 Å². The van der Waals surface area contributed by atoms with Crippen molar-refractivity contribution in [1.82, 2.24) is 0 Å². The summed E-state index contributed by atoms with van der Waals surface area (Å²) in [5.41, 5.74) is 8.05. The molecule has 92 valence electrons. The van der Waals surface area contributed by atoms with Crippen molar-refractivity contribution in [3.8, 4) is 0 Å². The number of nitrogens with one attached hydrogen (secondary N) is 1. The van der Waals surface area contributed by atoms with Crippen LogP contribution in [0, 0.1) is 0 Å². The number of nitrogens with two attached hydrogens (primary N) is 1. The molecule has 5 heteroatoms. The van der Waals surface area contributed by atoms with E-state index in [0.717, 1.165) is 21.9 Å². The molecule has 0 spiro atoms. The summed E-state index contributed by atoms with van der Waals surface area (Å²) in [6, 6.07) is 9.79. The number of nitrogens with zero attached hydrogens (tertiary/aromatic N) is 1. The molecule has 1 atom stereocenters. The highest BCUT2D eigenvalue weighted by Gasteiger charge is 2.23. The quantitative estimate of drug-likeness (QED) is 0.814. The number of furan rings is 1. The lowest BCUT2D eigenvalue weighted by atomic mass is 10.1. The summed E-state index contributed by atoms with van der Waals surface area (Å²) < 4.78 is 5.36. The van der Waals surface area contributed by atoms with E-state index in [2.05, 4.69) is 10.3 Å². The second-order valence-electron chi connectivity index (χ2n) is 3.96. The molecule has 3 rings (SSSR count). The van der Waals surface area contributed by atoms with Gasteiger partial charge < -0.3 is 15.5 Å². The molecule has 1 aliphatic rings. The topological polar surface area (TPSA) is 63.5 Å². The molecule has 0 fully saturated rings. The molecule has 1 unspecified atom stereocenters. The molecule has 1 aromatic carbocycles. The number of aliphatic imine (C=N–C) groups is 1. The van der Waals surface area contributed by atoms with Gasteiger partial charge in [0.25, 0.3) is 0 Å². The molecule has 1 aromatic heterocycles. The van der Waals surface area contributed by atoms with Crippen LogP contribution in [0.3, 0.4) is 0 Å². The van der Waals surface area contributed by atoms with Gasteiger partial charge in [-0.05, 0) is 30.5 Å². The van der Waals surface area contributed by atoms with E-state index in [1.54, 1.807) is 18.0 Å². The van der Waals surface area contributed by atoms with E-state index in [-0.39, 0.29) is 6.17 Å². The molecule has 2 aromatic rings. The van der Waals surface area contributed by atoms with Gasteiger partial charge in [0, 0.05) is 10.6 Å². The van der Waals surface area contributed by atoms with Gasteiger partial charge in [-0.1, -0.05) is 6.07 Å². The molecular weight excluding hydrogens is 246 g/mol. The van der Waals surface area contributed by atoms with Gasteiger partial charge in [0.05, 0.1) is 11.8 Å². The lowest BCUT2D eigenvalue weighted by Gasteiger charge is -2.24. The van der Waals surface area contributed by atoms with Gasteiger partial charge in [-0.15, -0.1) is 11.8 Å². The third-order valence-electron chi connectivity index (χ3n) is 2.88. The Morgan fingerprint density at radius 3 is 2.94 bits per heavy atom. The number of amidine groups is 1. The van der Waals surface area contributed by atoms with Crippen molar-refractivity contribution in [2.45, 2.75) is 11.1 Å². The lowest BCUT2D eigenvalue weighted by Crippen LogP contribution is -2.25. The Labute approximate surface area is 109 Å². The average Bonchev–Trinajstić information content (AvgIpc) is 2.91. The van der Waals surface area contributed by atoms with Gasteiger partial charge >= 0.3 is 0 Å². The number of hydrogen-bond donors (Lipinski definition) is 2. The van der Waals surface area contributed by atoms with E-state index in [1.165, 1.54) is 0 Å². The molecule has 3 N–H and O–H groups in total. The third-order valence-corrected chi connectivity index (χ3v) is 3.66. The number of benzene rings is 1. The molecule has 0 aliphatic carbocycles. The van der Waals surface area contributed by atoms with Crippen molar-refractivity contribution in [3.63, 3.8) is 0 Å². The smallest absolute Gasteiger partial charge is 0.179 e. The number of thioether (sulfide) groups is 1. The maximum absolute atomic E-state index is 6.07. The molecule has 2 heterocycles. The third kappa shape index (κ3) is 1.76. The van der Waals surface area contributed by atoms with E-state index in [4.69, 9.17) is 10.2 Å². The van der Waals surface area contributed by atoms with Crippen LogP contribution in [0.4, 0.5) is 5.69 Å². The first-order valence-electron chi connectivity index (χ1n) is 5.60. The SMILES string of the molecule is CSc1cccc2c1C(N)=NC(c1ccco1)N2. The predicted octanol–water partition coefficient (Wildman–Crippen LogP) is 2.83. The fourth-order valence-electron chi connectivity index (χ4n) is 2.05. The van der Waals surface area contributed by atoms with Gasteiger partial charge in [0.15, 0.2) is 6.17 Å². The van der Waals surface area contributed by atoms with E-state index in [9.17, 15) is 0 Å². The van der Waals surface area contributed by atoms with Crippen molar-refractivity contribution in [3.05, 3.63) is 47.9 Å². The summed E-state index contributed by atoms with van der Waals surface area (Å²) in [6.07, 6.45) is 3.42. The lowest BCUT2D eigenvalue weighted by molar-refractivity contribution is 0.484. The first-order valence-corrected chi connectivity index (χ1v) is 6.82. The number of anilines is 1. The van der Waals surface area contributed by atoms with E-state index < -0.39 is 0 Å². The molecule has 4 nitrogen and oxygen atoms in total. The molecule has 0 amide bonds. The number of fused-ring (bicyclic) bond motifs is 1. The zero-order valence-electron chi connectivity index (χ0n) is 9.88. The normalized spacial score (nSPS) is 17.8. The van der Waals surface area contributed by atoms with Gasteiger partial charge in [-0.3, -0.25) is 0 Å². The van der Waals surface area contributed by atoms with Crippen molar-refractivity contribution < 1.29 is 4.42 Å². The largest absolute Gasteiger partial charge is 0.465 e. The number of hydrogen-bond acceptors (Lipinski definition) is 5.